The molecule has 1 heterocycles. The molecule has 0 spiro atoms. The molecule has 0 aliphatic heterocycles. The third kappa shape index (κ3) is 6.09. The fraction of sp³-hybridized carbons (Fsp3) is 0.524. The lowest BCUT2D eigenvalue weighted by Gasteiger charge is -2.18. The molecule has 0 fully saturated rings. The van der Waals surface area contributed by atoms with Crippen molar-refractivity contribution in [2.24, 2.45) is 5.92 Å². The molecule has 2 rings (SSSR count). The van der Waals surface area contributed by atoms with Gasteiger partial charge in [-0.25, -0.2) is 9.37 Å². The van der Waals surface area contributed by atoms with Crippen LogP contribution in [0.3, 0.4) is 0 Å². The molecule has 0 aliphatic rings. The van der Waals surface area contributed by atoms with Crippen LogP contribution in [0.15, 0.2) is 30.5 Å². The van der Waals surface area contributed by atoms with E-state index in [0.29, 0.717) is 13.1 Å². The first kappa shape index (κ1) is 21.5. The second kappa shape index (κ2) is 10.5. The highest BCUT2D eigenvalue weighted by Gasteiger charge is 2.20. The fourth-order valence-corrected chi connectivity index (χ4v) is 3.21. The highest BCUT2D eigenvalue weighted by molar-refractivity contribution is 7.81. The van der Waals surface area contributed by atoms with E-state index in [2.05, 4.69) is 41.3 Å². The third-order valence-electron chi connectivity index (χ3n) is 4.90. The molecule has 2 aromatic rings. The summed E-state index contributed by atoms with van der Waals surface area (Å²) in [5.41, 5.74) is 1.80. The molecule has 2 atom stereocenters. The Balaban J connectivity index is 2.15. The van der Waals surface area contributed by atoms with E-state index < -0.39 is 0 Å². The topological polar surface area (TPSA) is 46.9 Å². The number of imidazole rings is 1. The van der Waals surface area contributed by atoms with Gasteiger partial charge in [0.2, 0.25) is 5.91 Å². The molecular weight excluding hydrogens is 361 g/mol. The van der Waals surface area contributed by atoms with E-state index in [4.69, 9.17) is 0 Å². The summed E-state index contributed by atoms with van der Waals surface area (Å²) < 4.78 is 15.6. The first-order valence-electron chi connectivity index (χ1n) is 9.69. The molecule has 148 valence electrons. The van der Waals surface area contributed by atoms with Gasteiger partial charge in [0, 0.05) is 13.0 Å². The van der Waals surface area contributed by atoms with Crippen LogP contribution in [0.2, 0.25) is 0 Å². The largest absolute Gasteiger partial charge is 0.350 e. The molecular formula is C21H30FN3OS. The number of hydrogen-bond acceptors (Lipinski definition) is 3. The number of nitrogens with zero attached hydrogens (tertiary/aromatic N) is 2. The number of carbonyl (C=O) groups excluding carboxylic acids is 1. The summed E-state index contributed by atoms with van der Waals surface area (Å²) in [4.78, 5) is 16.9. The Kier molecular flexibility index (Phi) is 8.35. The maximum absolute atomic E-state index is 13.6. The van der Waals surface area contributed by atoms with Crippen LogP contribution in [0, 0.1) is 11.7 Å². The average Bonchev–Trinajstić information content (AvgIpc) is 3.04. The number of benzene rings is 1. The van der Waals surface area contributed by atoms with E-state index in [1.165, 1.54) is 6.07 Å². The van der Waals surface area contributed by atoms with Crippen molar-refractivity contribution in [1.82, 2.24) is 14.9 Å². The van der Waals surface area contributed by atoms with Crippen molar-refractivity contribution in [3.8, 4) is 0 Å². The van der Waals surface area contributed by atoms with Crippen LogP contribution in [0.4, 0.5) is 4.39 Å². The van der Waals surface area contributed by atoms with E-state index in [9.17, 15) is 9.18 Å². The molecule has 4 nitrogen and oxygen atoms in total. The number of amides is 1. The summed E-state index contributed by atoms with van der Waals surface area (Å²) in [6.45, 7) is 7.14. The Labute approximate surface area is 167 Å². The lowest BCUT2D eigenvalue weighted by atomic mass is 10.0. The zero-order chi connectivity index (χ0) is 19.8. The first-order chi connectivity index (χ1) is 13.0. The van der Waals surface area contributed by atoms with Crippen LogP contribution < -0.4 is 5.32 Å². The Bertz CT molecular complexity index is 747. The predicted molar refractivity (Wildman–Crippen MR) is 110 cm³/mol. The molecule has 0 radical (unpaired) electrons. The summed E-state index contributed by atoms with van der Waals surface area (Å²) >= 11 is 4.44. The molecule has 27 heavy (non-hydrogen) atoms. The van der Waals surface area contributed by atoms with Crippen LogP contribution in [0.5, 0.6) is 0 Å². The molecule has 0 aliphatic carbocycles. The summed E-state index contributed by atoms with van der Waals surface area (Å²) in [6.07, 6.45) is 5.69. The first-order valence-corrected chi connectivity index (χ1v) is 10.2. The molecule has 1 aromatic heterocycles. The lowest BCUT2D eigenvalue weighted by Crippen LogP contribution is -2.35. The van der Waals surface area contributed by atoms with Gasteiger partial charge in [0.1, 0.15) is 11.6 Å². The Morgan fingerprint density at radius 3 is 2.81 bits per heavy atom. The van der Waals surface area contributed by atoms with E-state index in [1.807, 2.05) is 13.0 Å². The van der Waals surface area contributed by atoms with Gasteiger partial charge in [-0.15, -0.1) is 0 Å². The minimum Gasteiger partial charge on any atom is -0.350 e. The number of aromatic nitrogens is 2. The smallest absolute Gasteiger partial charge is 0.233 e. The Morgan fingerprint density at radius 2 is 2.15 bits per heavy atom. The monoisotopic (exact) mass is 391 g/mol. The normalized spacial score (nSPS) is 13.4. The molecule has 0 bridgehead atoms. The molecule has 1 amide bonds. The number of aryl methyl sites for hydroxylation is 1. The number of nitrogens with one attached hydrogen (secondary N) is 1. The van der Waals surface area contributed by atoms with Crippen molar-refractivity contribution in [3.63, 3.8) is 0 Å². The highest BCUT2D eigenvalue weighted by Crippen LogP contribution is 2.16. The van der Waals surface area contributed by atoms with Crippen molar-refractivity contribution in [3.05, 3.63) is 53.4 Å². The maximum atomic E-state index is 13.6. The quantitative estimate of drug-likeness (QED) is 0.591. The number of unbranched alkanes of at least 4 members (excludes halogenated alkanes) is 1. The van der Waals surface area contributed by atoms with Crippen molar-refractivity contribution < 1.29 is 9.18 Å². The van der Waals surface area contributed by atoms with Crippen molar-refractivity contribution in [1.29, 1.82) is 0 Å². The fourth-order valence-electron chi connectivity index (χ4n) is 2.90. The second-order valence-corrected chi connectivity index (χ2v) is 7.59. The van der Waals surface area contributed by atoms with Gasteiger partial charge in [-0.05, 0) is 30.0 Å². The predicted octanol–water partition coefficient (Wildman–Crippen LogP) is 4.37. The van der Waals surface area contributed by atoms with Gasteiger partial charge >= 0.3 is 0 Å². The van der Waals surface area contributed by atoms with Crippen LogP contribution in [0.25, 0.3) is 0 Å². The number of halogens is 1. The van der Waals surface area contributed by atoms with E-state index >= 15 is 0 Å². The molecule has 0 saturated carbocycles. The van der Waals surface area contributed by atoms with Crippen molar-refractivity contribution in [2.75, 3.05) is 0 Å². The molecule has 0 saturated heterocycles. The highest BCUT2D eigenvalue weighted by atomic mass is 32.1. The summed E-state index contributed by atoms with van der Waals surface area (Å²) in [6, 6.07) is 6.60. The van der Waals surface area contributed by atoms with Gasteiger partial charge in [0.05, 0.1) is 23.7 Å². The standard InChI is InChI=1S/C21H30FN3OS/c1-4-6-10-19-23-12-18(13-24-21(26)20(27)15(3)5-2)25(19)14-16-8-7-9-17(22)11-16/h7-9,11-12,15,20,27H,4-6,10,13-14H2,1-3H3,(H,24,26). The molecule has 1 N–H and O–H groups in total. The van der Waals surface area contributed by atoms with Gasteiger partial charge < -0.3 is 9.88 Å². The number of hydrogen-bond donors (Lipinski definition) is 2. The minimum atomic E-state index is -0.325. The van der Waals surface area contributed by atoms with Crippen LogP contribution in [0.1, 0.15) is 57.1 Å². The van der Waals surface area contributed by atoms with Gasteiger partial charge in [0.15, 0.2) is 0 Å². The number of rotatable bonds is 10. The van der Waals surface area contributed by atoms with E-state index in [0.717, 1.165) is 42.8 Å². The Morgan fingerprint density at radius 1 is 1.37 bits per heavy atom. The van der Waals surface area contributed by atoms with Gasteiger partial charge in [-0.3, -0.25) is 4.79 Å². The van der Waals surface area contributed by atoms with E-state index in [1.54, 1.807) is 18.3 Å². The summed E-state index contributed by atoms with van der Waals surface area (Å²) in [7, 11) is 0. The van der Waals surface area contributed by atoms with Gasteiger partial charge in [0.25, 0.3) is 0 Å². The van der Waals surface area contributed by atoms with Crippen LogP contribution in [-0.4, -0.2) is 20.7 Å². The molecule has 1 aromatic carbocycles. The van der Waals surface area contributed by atoms with Crippen molar-refractivity contribution >= 4 is 18.5 Å². The zero-order valence-electron chi connectivity index (χ0n) is 16.4. The van der Waals surface area contributed by atoms with E-state index in [-0.39, 0.29) is 22.9 Å². The SMILES string of the molecule is CCCCc1ncc(CNC(=O)C(S)C(C)CC)n1Cc1cccc(F)c1. The average molecular weight is 392 g/mol. The van der Waals surface area contributed by atoms with Gasteiger partial charge in [-0.1, -0.05) is 45.7 Å². The summed E-state index contributed by atoms with van der Waals surface area (Å²) in [5.74, 6) is 0.866. The lowest BCUT2D eigenvalue weighted by molar-refractivity contribution is -0.121. The third-order valence-corrected chi connectivity index (χ3v) is 5.64. The summed E-state index contributed by atoms with van der Waals surface area (Å²) in [5, 5.41) is 2.65. The Hall–Kier alpha value is -1.82. The molecule has 6 heteroatoms. The van der Waals surface area contributed by atoms with Crippen LogP contribution in [-0.2, 0) is 24.3 Å². The minimum absolute atomic E-state index is 0.0682. The number of carbonyl (C=O) groups is 1. The van der Waals surface area contributed by atoms with Crippen molar-refractivity contribution in [2.45, 2.75) is 64.8 Å². The zero-order valence-corrected chi connectivity index (χ0v) is 17.3. The second-order valence-electron chi connectivity index (χ2n) is 7.03. The van der Waals surface area contributed by atoms with Gasteiger partial charge in [-0.2, -0.15) is 12.6 Å². The number of thiol groups is 1. The van der Waals surface area contributed by atoms with Crippen LogP contribution >= 0.6 is 12.6 Å². The maximum Gasteiger partial charge on any atom is 0.233 e. The molecule has 2 unspecified atom stereocenters.